The van der Waals surface area contributed by atoms with Gasteiger partial charge in [-0.1, -0.05) is 11.3 Å². The van der Waals surface area contributed by atoms with E-state index in [1.165, 1.54) is 14.0 Å². The van der Waals surface area contributed by atoms with Gasteiger partial charge in [-0.3, -0.25) is 9.59 Å². The molecule has 20 heavy (non-hydrogen) atoms. The van der Waals surface area contributed by atoms with E-state index in [4.69, 9.17) is 4.74 Å². The minimum absolute atomic E-state index is 0.0353. The summed E-state index contributed by atoms with van der Waals surface area (Å²) in [7, 11) is -2.75. The van der Waals surface area contributed by atoms with Crippen molar-refractivity contribution < 1.29 is 22.7 Å². The van der Waals surface area contributed by atoms with Crippen LogP contribution in [-0.4, -0.2) is 56.6 Å². The number of nitrogens with zero attached hydrogens (tertiary/aromatic N) is 1. The molecule has 0 saturated carbocycles. The summed E-state index contributed by atoms with van der Waals surface area (Å²) in [5.74, 6) is -0.686. The van der Waals surface area contributed by atoms with E-state index >= 15 is 0 Å². The summed E-state index contributed by atoms with van der Waals surface area (Å²) in [5, 5.41) is 0. The maximum absolute atomic E-state index is 12.6. The van der Waals surface area contributed by atoms with Gasteiger partial charge in [-0.05, 0) is 6.92 Å². The van der Waals surface area contributed by atoms with Crippen LogP contribution in [0.5, 0.6) is 0 Å². The fourth-order valence-electron chi connectivity index (χ4n) is 1.94. The Bertz CT molecular complexity index is 662. The van der Waals surface area contributed by atoms with Crippen LogP contribution in [0.25, 0.3) is 0 Å². The number of esters is 1. The lowest BCUT2D eigenvalue weighted by atomic mass is 10.3. The van der Waals surface area contributed by atoms with Gasteiger partial charge >= 0.3 is 10.8 Å². The molecular weight excluding hydrogens is 308 g/mol. The molecule has 0 aromatic carbocycles. The molecule has 1 aromatic rings. The van der Waals surface area contributed by atoms with E-state index < -0.39 is 26.9 Å². The molecule has 1 aliphatic rings. The van der Waals surface area contributed by atoms with E-state index in [1.807, 2.05) is 0 Å². The van der Waals surface area contributed by atoms with Crippen molar-refractivity contribution >= 4 is 27.3 Å². The maximum atomic E-state index is 12.6. The molecule has 2 heterocycles. The first kappa shape index (κ1) is 15.2. The van der Waals surface area contributed by atoms with Crippen molar-refractivity contribution in [1.82, 2.24) is 9.29 Å². The Morgan fingerprint density at radius 2 is 2.25 bits per heavy atom. The van der Waals surface area contributed by atoms with Gasteiger partial charge in [-0.15, -0.1) is 0 Å². The second kappa shape index (κ2) is 5.64. The minimum Gasteiger partial charge on any atom is -0.468 e. The SMILES string of the molecule is COC(=O)C1COCCN1S(=O)(=O)c1sc(=O)[nH]c1C. The van der Waals surface area contributed by atoms with E-state index in [0.717, 1.165) is 4.31 Å². The van der Waals surface area contributed by atoms with Gasteiger partial charge in [0.1, 0.15) is 6.04 Å². The van der Waals surface area contributed by atoms with E-state index in [9.17, 15) is 18.0 Å². The van der Waals surface area contributed by atoms with Gasteiger partial charge in [0.2, 0.25) is 0 Å². The molecular formula is C10H14N2O6S2. The summed E-state index contributed by atoms with van der Waals surface area (Å²) in [5.41, 5.74) is 0.259. The number of nitrogens with one attached hydrogen (secondary N) is 1. The molecule has 10 heteroatoms. The third-order valence-corrected chi connectivity index (χ3v) is 6.37. The van der Waals surface area contributed by atoms with Crippen molar-refractivity contribution in [2.24, 2.45) is 0 Å². The zero-order valence-corrected chi connectivity index (χ0v) is 12.5. The number of ether oxygens (including phenoxy) is 2. The van der Waals surface area contributed by atoms with Crippen LogP contribution in [0.1, 0.15) is 5.69 Å². The fraction of sp³-hybridized carbons (Fsp3) is 0.600. The van der Waals surface area contributed by atoms with Crippen molar-refractivity contribution in [3.8, 4) is 0 Å². The summed E-state index contributed by atoms with van der Waals surface area (Å²) in [6, 6.07) is -1.03. The van der Waals surface area contributed by atoms with Crippen LogP contribution in [0.2, 0.25) is 0 Å². The van der Waals surface area contributed by atoms with Crippen molar-refractivity contribution in [2.75, 3.05) is 26.9 Å². The third kappa shape index (κ3) is 2.64. The molecule has 1 unspecified atom stereocenters. The Labute approximate surface area is 119 Å². The number of aromatic nitrogens is 1. The number of morpholine rings is 1. The van der Waals surface area contributed by atoms with Crippen molar-refractivity contribution in [3.63, 3.8) is 0 Å². The number of aryl methyl sites for hydroxylation is 1. The Morgan fingerprint density at radius 1 is 1.55 bits per heavy atom. The van der Waals surface area contributed by atoms with Crippen molar-refractivity contribution in [3.05, 3.63) is 15.4 Å². The molecule has 1 fully saturated rings. The number of aromatic amines is 1. The molecule has 2 rings (SSSR count). The smallest absolute Gasteiger partial charge is 0.326 e. The Balaban J connectivity index is 2.43. The highest BCUT2D eigenvalue weighted by Gasteiger charge is 2.40. The van der Waals surface area contributed by atoms with E-state index in [0.29, 0.717) is 11.3 Å². The predicted octanol–water partition coefficient (Wildman–Crippen LogP) is -0.693. The van der Waals surface area contributed by atoms with Crippen molar-refractivity contribution in [1.29, 1.82) is 0 Å². The van der Waals surface area contributed by atoms with E-state index in [-0.39, 0.29) is 29.7 Å². The van der Waals surface area contributed by atoms with Gasteiger partial charge in [0, 0.05) is 12.2 Å². The number of thiazole rings is 1. The summed E-state index contributed by atoms with van der Waals surface area (Å²) < 4.78 is 35.8. The number of H-pyrrole nitrogens is 1. The first-order valence-corrected chi connectivity index (χ1v) is 8.00. The number of hydrogen-bond donors (Lipinski definition) is 1. The summed E-state index contributed by atoms with van der Waals surface area (Å²) in [6.45, 7) is 1.65. The highest BCUT2D eigenvalue weighted by atomic mass is 32.2. The number of carbonyl (C=O) groups is 1. The quantitative estimate of drug-likeness (QED) is 0.738. The average molecular weight is 322 g/mol. The molecule has 0 bridgehead atoms. The van der Waals surface area contributed by atoms with Crippen LogP contribution in [0.4, 0.5) is 0 Å². The van der Waals surface area contributed by atoms with E-state index in [1.54, 1.807) is 0 Å². The van der Waals surface area contributed by atoms with Crippen LogP contribution < -0.4 is 4.87 Å². The second-order valence-corrected chi connectivity index (χ2v) is 7.23. The zero-order chi connectivity index (χ0) is 14.9. The summed E-state index contributed by atoms with van der Waals surface area (Å²) in [6.07, 6.45) is 0. The average Bonchev–Trinajstić information content (AvgIpc) is 2.77. The molecule has 8 nitrogen and oxygen atoms in total. The van der Waals surface area contributed by atoms with Gasteiger partial charge in [0.15, 0.2) is 4.21 Å². The van der Waals surface area contributed by atoms with Gasteiger partial charge in [0.25, 0.3) is 10.0 Å². The Hall–Kier alpha value is -1.23. The molecule has 0 aliphatic carbocycles. The van der Waals surface area contributed by atoms with Gasteiger partial charge in [-0.2, -0.15) is 4.31 Å². The topological polar surface area (TPSA) is 106 Å². The number of rotatable bonds is 3. The lowest BCUT2D eigenvalue weighted by molar-refractivity contribution is -0.149. The first-order chi connectivity index (χ1) is 9.37. The molecule has 1 saturated heterocycles. The van der Waals surface area contributed by atoms with Gasteiger partial charge in [-0.25, -0.2) is 8.42 Å². The van der Waals surface area contributed by atoms with Gasteiger partial charge < -0.3 is 14.5 Å². The third-order valence-electron chi connectivity index (χ3n) is 2.88. The monoisotopic (exact) mass is 322 g/mol. The molecule has 112 valence electrons. The Morgan fingerprint density at radius 3 is 2.80 bits per heavy atom. The van der Waals surface area contributed by atoms with Crippen LogP contribution in [0.3, 0.4) is 0 Å². The molecule has 0 amide bonds. The van der Waals surface area contributed by atoms with Crippen LogP contribution in [-0.2, 0) is 24.3 Å². The zero-order valence-electron chi connectivity index (χ0n) is 10.9. The van der Waals surface area contributed by atoms with E-state index in [2.05, 4.69) is 9.72 Å². The minimum atomic E-state index is -3.94. The molecule has 1 N–H and O–H groups in total. The lowest BCUT2D eigenvalue weighted by Gasteiger charge is -2.32. The highest BCUT2D eigenvalue weighted by molar-refractivity contribution is 7.91. The maximum Gasteiger partial charge on any atom is 0.326 e. The largest absolute Gasteiger partial charge is 0.468 e. The molecule has 0 spiro atoms. The number of hydrogen-bond acceptors (Lipinski definition) is 7. The van der Waals surface area contributed by atoms with Crippen LogP contribution >= 0.6 is 11.3 Å². The summed E-state index contributed by atoms with van der Waals surface area (Å²) >= 11 is 0.603. The van der Waals surface area contributed by atoms with Gasteiger partial charge in [0.05, 0.1) is 20.3 Å². The lowest BCUT2D eigenvalue weighted by Crippen LogP contribution is -2.52. The Kier molecular flexibility index (Phi) is 4.28. The molecule has 1 aromatic heterocycles. The fourth-order valence-corrected chi connectivity index (χ4v) is 4.90. The second-order valence-electron chi connectivity index (χ2n) is 4.16. The molecule has 1 atom stereocenters. The molecule has 1 aliphatic heterocycles. The summed E-state index contributed by atoms with van der Waals surface area (Å²) in [4.78, 5) is 24.9. The molecule has 0 radical (unpaired) electrons. The standard InChI is InChI=1S/C10H14N2O6S2/c1-6-9(19-10(14)11-6)20(15,16)12-3-4-18-5-7(12)8(13)17-2/h7H,3-5H2,1-2H3,(H,11,14). The first-order valence-electron chi connectivity index (χ1n) is 5.75. The van der Waals surface area contributed by atoms with Crippen molar-refractivity contribution in [2.45, 2.75) is 17.2 Å². The highest BCUT2D eigenvalue weighted by Crippen LogP contribution is 2.24. The number of sulfonamides is 1. The van der Waals surface area contributed by atoms with Crippen LogP contribution in [0, 0.1) is 6.92 Å². The normalized spacial score (nSPS) is 20.8. The number of carbonyl (C=O) groups excluding carboxylic acids is 1. The number of methoxy groups -OCH3 is 1. The van der Waals surface area contributed by atoms with Crippen LogP contribution in [0.15, 0.2) is 9.00 Å². The predicted molar refractivity (Wildman–Crippen MR) is 70.2 cm³/mol.